The van der Waals surface area contributed by atoms with E-state index in [1.807, 2.05) is 90.4 Å². The summed E-state index contributed by atoms with van der Waals surface area (Å²) < 4.78 is 8.23. The Morgan fingerprint density at radius 3 is 1.78 bits per heavy atom. The minimum absolute atomic E-state index is 0. The van der Waals surface area contributed by atoms with Gasteiger partial charge in [0.1, 0.15) is 0 Å². The van der Waals surface area contributed by atoms with E-state index < -0.39 is 5.97 Å². The fourth-order valence-electron chi connectivity index (χ4n) is 3.26. The van der Waals surface area contributed by atoms with Crippen molar-refractivity contribution in [3.63, 3.8) is 0 Å². The Balaban J connectivity index is 0.00000289. The maximum absolute atomic E-state index is 12.2. The molecule has 0 atom stereocenters. The Kier molecular flexibility index (Phi) is 9.01. The van der Waals surface area contributed by atoms with Crippen LogP contribution in [0.15, 0.2) is 28.7 Å². The largest absolute Gasteiger partial charge is 1.00 e. The maximum atomic E-state index is 12.2. The molecule has 0 aliphatic heterocycles. The van der Waals surface area contributed by atoms with Gasteiger partial charge >= 0.3 is 46.7 Å². The Hall–Kier alpha value is 0.900. The molecule has 12 heteroatoms. The fraction of sp³-hybridized carbons (Fsp3) is 0. The van der Waals surface area contributed by atoms with Crippen molar-refractivity contribution >= 4 is 141 Å². The van der Waals surface area contributed by atoms with Crippen molar-refractivity contribution in [3.05, 3.63) is 54.2 Å². The van der Waals surface area contributed by atoms with Gasteiger partial charge in [0.15, 0.2) is 18.6 Å². The number of aromatic hydroxyl groups is 2. The molecule has 0 aliphatic rings. The molecule has 0 bridgehead atoms. The smallest absolute Gasteiger partial charge is 0.505 e. The van der Waals surface area contributed by atoms with Crippen molar-refractivity contribution in [1.82, 2.24) is 0 Å². The van der Waals surface area contributed by atoms with Crippen LogP contribution in [0.2, 0.25) is 10.0 Å². The van der Waals surface area contributed by atoms with E-state index in [0.717, 1.165) is 0 Å². The number of phenolic OH excluding ortho intramolecular Hbond substituents is 2. The van der Waals surface area contributed by atoms with Crippen molar-refractivity contribution in [3.8, 4) is 22.6 Å². The second-order valence-electron chi connectivity index (χ2n) is 6.36. The van der Waals surface area contributed by atoms with Crippen LogP contribution in [-0.2, 0) is 0 Å². The minimum atomic E-state index is -1.23. The first-order valence-electron chi connectivity index (χ1n) is 8.23. The van der Waals surface area contributed by atoms with E-state index >= 15 is 0 Å². The van der Waals surface area contributed by atoms with E-state index in [4.69, 9.17) is 27.6 Å². The van der Waals surface area contributed by atoms with Gasteiger partial charge in [0, 0.05) is 5.56 Å². The Morgan fingerprint density at radius 2 is 1.34 bits per heavy atom. The summed E-state index contributed by atoms with van der Waals surface area (Å²) in [5.74, 6) is -1.11. The number of hydrogen-bond donors (Lipinski definition) is 3. The standard InChI is InChI=1S/C20H6Cl2I4O5.Na/c21-8-2-1-5(12(13(8)22)20(29)30)11-6-3-9(23)16(27)14(25)18(6)31-19-7(11)4-10(24)17(28)15(19)26;/h1-4H,(H2-,27,28,29,30);/q;+1/p+1. The van der Waals surface area contributed by atoms with Crippen molar-refractivity contribution in [2.24, 2.45) is 0 Å². The van der Waals surface area contributed by atoms with E-state index in [1.54, 1.807) is 24.3 Å². The van der Waals surface area contributed by atoms with Crippen LogP contribution in [0.3, 0.4) is 0 Å². The van der Waals surface area contributed by atoms with E-state index in [-0.39, 0.29) is 56.7 Å². The Bertz CT molecular complexity index is 1390. The molecule has 4 aromatic rings. The first-order valence-corrected chi connectivity index (χ1v) is 13.3. The van der Waals surface area contributed by atoms with Crippen LogP contribution >= 0.6 is 114 Å². The number of hydrogen-bond acceptors (Lipinski definition) is 3. The zero-order valence-corrected chi connectivity index (χ0v) is 27.9. The van der Waals surface area contributed by atoms with Gasteiger partial charge in [-0.2, -0.15) is 0 Å². The van der Waals surface area contributed by atoms with E-state index in [9.17, 15) is 20.1 Å². The van der Waals surface area contributed by atoms with Crippen LogP contribution in [0.1, 0.15) is 10.4 Å². The molecule has 1 aromatic heterocycles. The van der Waals surface area contributed by atoms with Crippen LogP contribution in [0, 0.1) is 14.3 Å². The number of carboxylic acids is 1. The summed E-state index contributed by atoms with van der Waals surface area (Å²) >= 11 is 20.4. The minimum Gasteiger partial charge on any atom is -0.505 e. The maximum Gasteiger partial charge on any atom is 1.00 e. The van der Waals surface area contributed by atoms with Gasteiger partial charge in [0.2, 0.25) is 0 Å². The molecule has 0 saturated heterocycles. The van der Waals surface area contributed by atoms with Crippen molar-refractivity contribution in [2.45, 2.75) is 0 Å². The average Bonchev–Trinajstić information content (AvgIpc) is 2.71. The second-order valence-corrected chi connectivity index (χ2v) is 11.6. The molecule has 1 heterocycles. The number of carboxylic acid groups (broad SMARTS) is 1. The number of fused-ring (bicyclic) bond motifs is 2. The molecule has 0 amide bonds. The van der Waals surface area contributed by atoms with Gasteiger partial charge in [0.25, 0.3) is 0 Å². The van der Waals surface area contributed by atoms with Crippen molar-refractivity contribution in [2.75, 3.05) is 0 Å². The Morgan fingerprint density at radius 1 is 0.875 bits per heavy atom. The average molecular weight is 929 g/mol. The zero-order valence-electron chi connectivity index (χ0n) is 15.7. The molecular formula is C20H7Cl2I4NaO5+2. The number of phenols is 2. The van der Waals surface area contributed by atoms with Gasteiger partial charge in [0.05, 0.1) is 33.5 Å². The number of benzene rings is 3. The number of rotatable bonds is 2. The third kappa shape index (κ3) is 4.55. The third-order valence-electron chi connectivity index (χ3n) is 4.62. The summed E-state index contributed by atoms with van der Waals surface area (Å²) in [6.45, 7) is 0. The van der Waals surface area contributed by atoms with Crippen molar-refractivity contribution < 1.29 is 54.1 Å². The fourth-order valence-corrected chi connectivity index (χ4v) is 7.24. The van der Waals surface area contributed by atoms with Gasteiger partial charge in [-0.05, 0) is 114 Å². The molecule has 0 spiro atoms. The van der Waals surface area contributed by atoms with Crippen LogP contribution in [0.25, 0.3) is 33.1 Å². The monoisotopic (exact) mass is 928 g/mol. The molecule has 0 unspecified atom stereocenters. The zero-order chi connectivity index (χ0) is 22.8. The predicted molar refractivity (Wildman–Crippen MR) is 155 cm³/mol. The predicted octanol–water partition coefficient (Wildman–Crippen LogP) is 5.37. The van der Waals surface area contributed by atoms with Crippen molar-refractivity contribution in [1.29, 1.82) is 0 Å². The van der Waals surface area contributed by atoms with Crippen LogP contribution in [0.5, 0.6) is 11.5 Å². The van der Waals surface area contributed by atoms with Gasteiger partial charge in [-0.15, -0.1) is 0 Å². The molecule has 3 N–H and O–H groups in total. The molecule has 0 radical (unpaired) electrons. The summed E-state index contributed by atoms with van der Waals surface area (Å²) in [5.41, 5.74) is 1.49. The van der Waals surface area contributed by atoms with Crippen LogP contribution < -0.4 is 29.6 Å². The van der Waals surface area contributed by atoms with Gasteiger partial charge in [-0.25, -0.2) is 9.21 Å². The van der Waals surface area contributed by atoms with Crippen LogP contribution in [-0.4, -0.2) is 21.3 Å². The van der Waals surface area contributed by atoms with E-state index in [1.165, 1.54) is 0 Å². The quantitative estimate of drug-likeness (QED) is 0.109. The topological polar surface area (TPSA) is 89.1 Å². The molecule has 0 fully saturated rings. The molecule has 4 rings (SSSR count). The van der Waals surface area contributed by atoms with Gasteiger partial charge in [-0.1, -0.05) is 29.3 Å². The Labute approximate surface area is 268 Å². The molecule has 0 saturated carbocycles. The molecule has 0 aliphatic carbocycles. The first-order chi connectivity index (χ1) is 14.5. The molecule has 158 valence electrons. The summed E-state index contributed by atoms with van der Waals surface area (Å²) in [4.78, 5) is 12.2. The van der Waals surface area contributed by atoms with Crippen LogP contribution in [0.4, 0.5) is 0 Å². The summed E-state index contributed by atoms with van der Waals surface area (Å²) in [5, 5.41) is 32.1. The molecule has 32 heavy (non-hydrogen) atoms. The first kappa shape index (κ1) is 27.5. The molecule has 3 aromatic carbocycles. The summed E-state index contributed by atoms with van der Waals surface area (Å²) in [7, 11) is 0. The van der Waals surface area contributed by atoms with E-state index in [0.29, 0.717) is 47.3 Å². The normalized spacial score (nSPS) is 11.1. The molecule has 5 nitrogen and oxygen atoms in total. The van der Waals surface area contributed by atoms with Gasteiger partial charge < -0.3 is 15.3 Å². The molecular weight excluding hydrogens is 922 g/mol. The van der Waals surface area contributed by atoms with Gasteiger partial charge in [-0.3, -0.25) is 0 Å². The number of halogens is 6. The SMILES string of the molecule is O=C(O)c1c(-c2c3cc(I)c(O)c(I)c3[o+]c3c(I)c(O)c(I)cc23)ccc(Cl)c1Cl.[Na+]. The summed E-state index contributed by atoms with van der Waals surface area (Å²) in [6.07, 6.45) is 0. The number of carbonyl (C=O) groups is 1. The number of aromatic carboxylic acids is 1. The third-order valence-corrected chi connectivity index (χ3v) is 9.07. The van der Waals surface area contributed by atoms with E-state index in [2.05, 4.69) is 0 Å². The summed E-state index contributed by atoms with van der Waals surface area (Å²) in [6, 6.07) is 6.60. The second kappa shape index (κ2) is 10.5.